The fourth-order valence-corrected chi connectivity index (χ4v) is 2.44. The van der Waals surface area contributed by atoms with Gasteiger partial charge < -0.3 is 29.9 Å². The topological polar surface area (TPSA) is 174 Å². The first-order valence-electron chi connectivity index (χ1n) is 8.81. The highest BCUT2D eigenvalue weighted by Crippen LogP contribution is 2.17. The number of aliphatic carboxylic acids is 3. The number of methoxy groups -OCH3 is 1. The second kappa shape index (κ2) is 13.0. The molecule has 0 saturated heterocycles. The molecule has 0 aromatic rings. The molecule has 0 rings (SSSR count). The van der Waals surface area contributed by atoms with Gasteiger partial charge in [-0.3, -0.25) is 29.0 Å². The molecule has 0 bridgehead atoms. The van der Waals surface area contributed by atoms with Crippen molar-refractivity contribution in [3.05, 3.63) is 0 Å². The van der Waals surface area contributed by atoms with E-state index in [-0.39, 0.29) is 32.8 Å². The van der Waals surface area contributed by atoms with E-state index in [4.69, 9.17) is 24.8 Å². The SMILES string of the molecule is COCC(C)(C)C(=O)OCC(O)CN(CCN(CC(=O)O)CC(=O)O)CC(=O)O. The van der Waals surface area contributed by atoms with E-state index in [1.54, 1.807) is 13.8 Å². The van der Waals surface area contributed by atoms with Gasteiger partial charge in [-0.25, -0.2) is 0 Å². The maximum atomic E-state index is 12.0. The van der Waals surface area contributed by atoms with Gasteiger partial charge in [-0.05, 0) is 13.8 Å². The van der Waals surface area contributed by atoms with Crippen LogP contribution in [0.2, 0.25) is 0 Å². The summed E-state index contributed by atoms with van der Waals surface area (Å²) in [6.45, 7) is 1.25. The van der Waals surface area contributed by atoms with Gasteiger partial charge in [0.2, 0.25) is 0 Å². The Bertz CT molecular complexity index is 550. The van der Waals surface area contributed by atoms with Crippen LogP contribution >= 0.6 is 0 Å². The van der Waals surface area contributed by atoms with Gasteiger partial charge in [0.25, 0.3) is 0 Å². The summed E-state index contributed by atoms with van der Waals surface area (Å²) in [5, 5.41) is 36.8. The van der Waals surface area contributed by atoms with Crippen molar-refractivity contribution < 1.29 is 49.1 Å². The highest BCUT2D eigenvalue weighted by atomic mass is 16.5. The zero-order chi connectivity index (χ0) is 22.6. The largest absolute Gasteiger partial charge is 0.480 e. The number of carboxylic acid groups (broad SMARTS) is 3. The molecule has 0 aliphatic rings. The average molecular weight is 422 g/mol. The Morgan fingerprint density at radius 2 is 1.34 bits per heavy atom. The number of carbonyl (C=O) groups is 4. The Morgan fingerprint density at radius 3 is 1.79 bits per heavy atom. The highest BCUT2D eigenvalue weighted by molar-refractivity contribution is 5.76. The number of aliphatic hydroxyl groups excluding tert-OH is 1. The van der Waals surface area contributed by atoms with E-state index in [9.17, 15) is 24.3 Å². The third-order valence-electron chi connectivity index (χ3n) is 3.74. The van der Waals surface area contributed by atoms with E-state index in [0.717, 1.165) is 4.90 Å². The van der Waals surface area contributed by atoms with Crippen LogP contribution in [-0.2, 0) is 28.7 Å². The molecule has 12 nitrogen and oxygen atoms in total. The molecule has 12 heteroatoms. The van der Waals surface area contributed by atoms with E-state index in [1.807, 2.05) is 0 Å². The zero-order valence-electron chi connectivity index (χ0n) is 16.9. The molecule has 0 spiro atoms. The Balaban J connectivity index is 4.76. The van der Waals surface area contributed by atoms with Crippen LogP contribution in [-0.4, -0.2) is 120 Å². The summed E-state index contributed by atoms with van der Waals surface area (Å²) in [4.78, 5) is 47.1. The first kappa shape index (κ1) is 26.7. The summed E-state index contributed by atoms with van der Waals surface area (Å²) in [7, 11) is 1.44. The lowest BCUT2D eigenvalue weighted by atomic mass is 9.95. The fraction of sp³-hybridized carbons (Fsp3) is 0.765. The Labute approximate surface area is 168 Å². The number of ether oxygens (including phenoxy) is 2. The molecule has 29 heavy (non-hydrogen) atoms. The molecule has 0 aliphatic heterocycles. The van der Waals surface area contributed by atoms with Crippen molar-refractivity contribution >= 4 is 23.9 Å². The molecule has 0 fully saturated rings. The van der Waals surface area contributed by atoms with Crippen LogP contribution in [0.1, 0.15) is 13.8 Å². The Kier molecular flexibility index (Phi) is 12.0. The summed E-state index contributed by atoms with van der Waals surface area (Å²) in [5.74, 6) is -4.21. The molecule has 0 radical (unpaired) electrons. The van der Waals surface area contributed by atoms with Crippen molar-refractivity contribution in [2.75, 3.05) is 59.6 Å². The lowest BCUT2D eigenvalue weighted by molar-refractivity contribution is -0.160. The van der Waals surface area contributed by atoms with Gasteiger partial charge in [-0.15, -0.1) is 0 Å². The molecule has 4 N–H and O–H groups in total. The van der Waals surface area contributed by atoms with Crippen molar-refractivity contribution in [3.63, 3.8) is 0 Å². The first-order valence-corrected chi connectivity index (χ1v) is 8.81. The molecule has 0 heterocycles. The highest BCUT2D eigenvalue weighted by Gasteiger charge is 2.30. The summed E-state index contributed by atoms with van der Waals surface area (Å²) in [6, 6.07) is 0. The molecule has 1 unspecified atom stereocenters. The van der Waals surface area contributed by atoms with Gasteiger partial charge in [0.1, 0.15) is 12.7 Å². The van der Waals surface area contributed by atoms with Gasteiger partial charge >= 0.3 is 23.9 Å². The van der Waals surface area contributed by atoms with E-state index >= 15 is 0 Å². The lowest BCUT2D eigenvalue weighted by Gasteiger charge is -2.27. The van der Waals surface area contributed by atoms with Gasteiger partial charge in [0.15, 0.2) is 0 Å². The number of carbonyl (C=O) groups excluding carboxylic acids is 1. The van der Waals surface area contributed by atoms with Crippen molar-refractivity contribution in [3.8, 4) is 0 Å². The predicted molar refractivity (Wildman–Crippen MR) is 98.4 cm³/mol. The number of aliphatic hydroxyl groups is 1. The molecule has 0 aromatic carbocycles. The first-order chi connectivity index (χ1) is 13.4. The quantitative estimate of drug-likeness (QED) is 0.210. The number of nitrogens with zero attached hydrogens (tertiary/aromatic N) is 2. The zero-order valence-corrected chi connectivity index (χ0v) is 16.9. The van der Waals surface area contributed by atoms with E-state index in [1.165, 1.54) is 12.0 Å². The predicted octanol–water partition coefficient (Wildman–Crippen LogP) is -1.58. The maximum absolute atomic E-state index is 12.0. The van der Waals surface area contributed by atoms with Crippen LogP contribution in [0.5, 0.6) is 0 Å². The van der Waals surface area contributed by atoms with E-state index in [2.05, 4.69) is 0 Å². The molecule has 0 amide bonds. The third kappa shape index (κ3) is 12.7. The van der Waals surface area contributed by atoms with Gasteiger partial charge in [-0.1, -0.05) is 0 Å². The van der Waals surface area contributed by atoms with Gasteiger partial charge in [0.05, 0.1) is 31.7 Å². The average Bonchev–Trinajstić information content (AvgIpc) is 2.55. The monoisotopic (exact) mass is 422 g/mol. The minimum absolute atomic E-state index is 0.00691. The normalized spacial score (nSPS) is 12.8. The molecule has 0 aliphatic carbocycles. The summed E-state index contributed by atoms with van der Waals surface area (Å²) in [5.41, 5.74) is -0.913. The van der Waals surface area contributed by atoms with Crippen molar-refractivity contribution in [2.24, 2.45) is 5.41 Å². The van der Waals surface area contributed by atoms with Crippen LogP contribution in [0.3, 0.4) is 0 Å². The Hall–Kier alpha value is -2.28. The molecule has 1 atom stereocenters. The van der Waals surface area contributed by atoms with Crippen LogP contribution < -0.4 is 0 Å². The lowest BCUT2D eigenvalue weighted by Crippen LogP contribution is -2.45. The minimum atomic E-state index is -1.22. The second-order valence-electron chi connectivity index (χ2n) is 7.20. The van der Waals surface area contributed by atoms with Crippen LogP contribution in [0.4, 0.5) is 0 Å². The van der Waals surface area contributed by atoms with Crippen molar-refractivity contribution in [1.82, 2.24) is 9.80 Å². The molecule has 0 saturated carbocycles. The maximum Gasteiger partial charge on any atom is 0.317 e. The molecule has 0 aromatic heterocycles. The number of carboxylic acids is 3. The fourth-order valence-electron chi connectivity index (χ4n) is 2.44. The summed E-state index contributed by atoms with van der Waals surface area (Å²) < 4.78 is 9.98. The number of hydrogen-bond donors (Lipinski definition) is 4. The third-order valence-corrected chi connectivity index (χ3v) is 3.74. The Morgan fingerprint density at radius 1 is 0.897 bits per heavy atom. The van der Waals surface area contributed by atoms with Crippen LogP contribution in [0.25, 0.3) is 0 Å². The number of esters is 1. The molecule has 168 valence electrons. The number of hydrogen-bond acceptors (Lipinski definition) is 9. The van der Waals surface area contributed by atoms with E-state index in [0.29, 0.717) is 0 Å². The van der Waals surface area contributed by atoms with Crippen molar-refractivity contribution in [2.45, 2.75) is 20.0 Å². The molecular weight excluding hydrogens is 392 g/mol. The smallest absolute Gasteiger partial charge is 0.317 e. The van der Waals surface area contributed by atoms with Crippen LogP contribution in [0.15, 0.2) is 0 Å². The van der Waals surface area contributed by atoms with Crippen LogP contribution in [0, 0.1) is 5.41 Å². The van der Waals surface area contributed by atoms with Crippen molar-refractivity contribution in [1.29, 1.82) is 0 Å². The summed E-state index contributed by atoms with van der Waals surface area (Å²) >= 11 is 0. The standard InChI is InChI=1S/C17H30N2O10/c1-17(2,11-28-3)16(27)29-10-12(20)6-18(7-13(21)22)4-5-19(8-14(23)24)9-15(25)26/h12,20H,4-11H2,1-3H3,(H,21,22)(H,23,24)(H,25,26). The number of rotatable bonds is 16. The summed E-state index contributed by atoms with van der Waals surface area (Å²) in [6.07, 6.45) is -1.19. The van der Waals surface area contributed by atoms with E-state index < -0.39 is 55.0 Å². The second-order valence-corrected chi connectivity index (χ2v) is 7.20. The minimum Gasteiger partial charge on any atom is -0.480 e. The van der Waals surface area contributed by atoms with Gasteiger partial charge in [-0.2, -0.15) is 0 Å². The molecular formula is C17H30N2O10. The van der Waals surface area contributed by atoms with Gasteiger partial charge in [0, 0.05) is 26.7 Å².